The summed E-state index contributed by atoms with van der Waals surface area (Å²) in [7, 11) is -0.530. The number of benzene rings is 1. The highest BCUT2D eigenvalue weighted by Gasteiger charge is 2.52. The van der Waals surface area contributed by atoms with Crippen molar-refractivity contribution < 1.29 is 18.8 Å². The van der Waals surface area contributed by atoms with Gasteiger partial charge in [0.2, 0.25) is 0 Å². The van der Waals surface area contributed by atoms with E-state index in [1.54, 1.807) is 12.1 Å². The number of hydrogen-bond donors (Lipinski definition) is 2. The van der Waals surface area contributed by atoms with E-state index in [9.17, 15) is 9.50 Å². The monoisotopic (exact) mass is 324 g/mol. The molecule has 22 heavy (non-hydrogen) atoms. The number of aliphatic hydroxyl groups excluding tert-OH is 1. The molecule has 0 unspecified atom stereocenters. The molecule has 0 atom stereocenters. The molecule has 0 radical (unpaired) electrons. The van der Waals surface area contributed by atoms with Crippen molar-refractivity contribution in [2.45, 2.75) is 45.5 Å². The minimum Gasteiger partial charge on any atom is -0.400 e. The molecule has 6 heteroatoms. The minimum absolute atomic E-state index is 0.157. The van der Waals surface area contributed by atoms with Crippen molar-refractivity contribution >= 4 is 25.8 Å². The third-order valence-electron chi connectivity index (χ3n) is 4.36. The molecule has 120 valence electrons. The molecular weight excluding hydrogens is 302 g/mol. The summed E-state index contributed by atoms with van der Waals surface area (Å²) in [5.41, 5.74) is 1.17. The van der Waals surface area contributed by atoms with Crippen molar-refractivity contribution in [1.29, 1.82) is 0 Å². The van der Waals surface area contributed by atoms with E-state index < -0.39 is 18.3 Å². The standard InChI is InChI=1S/C16H22BFO3S/c1-15(2)16(3,4)21-17(20-15)13(10-22)7-12-8-14(18)6-5-11(12)9-19/h5-8,19,22H,9-10H2,1-4H3. The molecule has 0 bridgehead atoms. The Morgan fingerprint density at radius 1 is 1.27 bits per heavy atom. The molecule has 1 aliphatic rings. The van der Waals surface area contributed by atoms with Crippen LogP contribution in [0.4, 0.5) is 4.39 Å². The van der Waals surface area contributed by atoms with Gasteiger partial charge in [-0.1, -0.05) is 12.1 Å². The number of rotatable bonds is 4. The van der Waals surface area contributed by atoms with Crippen molar-refractivity contribution in [3.8, 4) is 0 Å². The van der Waals surface area contributed by atoms with E-state index in [1.165, 1.54) is 12.1 Å². The molecule has 1 saturated heterocycles. The Labute approximate surface area is 137 Å². The van der Waals surface area contributed by atoms with Crippen LogP contribution in [0.15, 0.2) is 23.7 Å². The van der Waals surface area contributed by atoms with Gasteiger partial charge in [-0.25, -0.2) is 4.39 Å². The third-order valence-corrected chi connectivity index (χ3v) is 4.72. The van der Waals surface area contributed by atoms with E-state index in [2.05, 4.69) is 12.6 Å². The van der Waals surface area contributed by atoms with Crippen LogP contribution in [0, 0.1) is 5.82 Å². The van der Waals surface area contributed by atoms with Gasteiger partial charge in [-0.3, -0.25) is 0 Å². The van der Waals surface area contributed by atoms with Crippen LogP contribution in [-0.4, -0.2) is 29.2 Å². The fourth-order valence-corrected chi connectivity index (χ4v) is 2.47. The Morgan fingerprint density at radius 3 is 2.36 bits per heavy atom. The first-order chi connectivity index (χ1) is 10.2. The number of aliphatic hydroxyl groups is 1. The molecular formula is C16H22BFO3S. The van der Waals surface area contributed by atoms with Gasteiger partial charge in [0.1, 0.15) is 5.82 Å². The average Bonchev–Trinajstić information content (AvgIpc) is 2.64. The fraction of sp³-hybridized carbons (Fsp3) is 0.500. The SMILES string of the molecule is CC1(C)OB(C(=Cc2cc(F)ccc2CO)CS)OC1(C)C. The summed E-state index contributed by atoms with van der Waals surface area (Å²) in [6.07, 6.45) is 1.78. The summed E-state index contributed by atoms with van der Waals surface area (Å²) in [5, 5.41) is 9.39. The normalized spacial score (nSPS) is 20.5. The van der Waals surface area contributed by atoms with Crippen molar-refractivity contribution in [1.82, 2.24) is 0 Å². The highest BCUT2D eigenvalue weighted by Crippen LogP contribution is 2.39. The van der Waals surface area contributed by atoms with Crippen LogP contribution in [0.1, 0.15) is 38.8 Å². The minimum atomic E-state index is -0.530. The van der Waals surface area contributed by atoms with E-state index in [4.69, 9.17) is 9.31 Å². The van der Waals surface area contributed by atoms with Gasteiger partial charge in [-0.05, 0) is 56.4 Å². The average molecular weight is 324 g/mol. The summed E-state index contributed by atoms with van der Waals surface area (Å²) in [4.78, 5) is 0. The van der Waals surface area contributed by atoms with Crippen molar-refractivity contribution in [3.63, 3.8) is 0 Å². The van der Waals surface area contributed by atoms with Gasteiger partial charge in [0.05, 0.1) is 17.8 Å². The lowest BCUT2D eigenvalue weighted by Gasteiger charge is -2.32. The summed E-state index contributed by atoms with van der Waals surface area (Å²) in [6, 6.07) is 4.29. The van der Waals surface area contributed by atoms with Crippen LogP contribution in [0.25, 0.3) is 6.08 Å². The number of thiol groups is 1. The van der Waals surface area contributed by atoms with E-state index in [0.29, 0.717) is 16.9 Å². The molecule has 1 aromatic carbocycles. The zero-order valence-corrected chi connectivity index (χ0v) is 14.3. The zero-order chi connectivity index (χ0) is 16.5. The molecule has 2 rings (SSSR count). The van der Waals surface area contributed by atoms with Crippen LogP contribution >= 0.6 is 12.6 Å². The highest BCUT2D eigenvalue weighted by molar-refractivity contribution is 7.80. The Hall–Kier alpha value is -0.815. The second-order valence-electron chi connectivity index (χ2n) is 6.47. The van der Waals surface area contributed by atoms with Crippen molar-refractivity contribution in [2.24, 2.45) is 0 Å². The molecule has 3 nitrogen and oxygen atoms in total. The summed E-state index contributed by atoms with van der Waals surface area (Å²) in [5.74, 6) is 0.0639. The second-order valence-corrected chi connectivity index (χ2v) is 6.78. The van der Waals surface area contributed by atoms with Gasteiger partial charge in [0.15, 0.2) is 0 Å². The van der Waals surface area contributed by atoms with Gasteiger partial charge in [0, 0.05) is 5.75 Å². The molecule has 0 spiro atoms. The van der Waals surface area contributed by atoms with Gasteiger partial charge in [-0.2, -0.15) is 12.6 Å². The molecule has 1 heterocycles. The van der Waals surface area contributed by atoms with Gasteiger partial charge < -0.3 is 14.4 Å². The van der Waals surface area contributed by atoms with E-state index in [1.807, 2.05) is 27.7 Å². The van der Waals surface area contributed by atoms with Crippen LogP contribution < -0.4 is 0 Å². The topological polar surface area (TPSA) is 38.7 Å². The van der Waals surface area contributed by atoms with E-state index in [-0.39, 0.29) is 12.4 Å². The second kappa shape index (κ2) is 6.36. The molecule has 1 fully saturated rings. The Morgan fingerprint density at radius 2 is 1.86 bits per heavy atom. The highest BCUT2D eigenvalue weighted by atomic mass is 32.1. The lowest BCUT2D eigenvalue weighted by atomic mass is 9.78. The Bertz CT molecular complexity index is 571. The molecule has 1 aliphatic heterocycles. The molecule has 0 aromatic heterocycles. The predicted molar refractivity (Wildman–Crippen MR) is 90.2 cm³/mol. The van der Waals surface area contributed by atoms with E-state index in [0.717, 1.165) is 5.47 Å². The molecule has 1 aromatic rings. The third kappa shape index (κ3) is 3.40. The van der Waals surface area contributed by atoms with Gasteiger partial charge in [0.25, 0.3) is 0 Å². The van der Waals surface area contributed by atoms with E-state index >= 15 is 0 Å². The summed E-state index contributed by atoms with van der Waals surface area (Å²) in [6.45, 7) is 7.75. The van der Waals surface area contributed by atoms with Crippen LogP contribution in [0.2, 0.25) is 0 Å². The predicted octanol–water partition coefficient (Wildman–Crippen LogP) is 3.26. The lowest BCUT2D eigenvalue weighted by Crippen LogP contribution is -2.41. The first kappa shape index (κ1) is 17.5. The van der Waals surface area contributed by atoms with Crippen LogP contribution in [-0.2, 0) is 15.9 Å². The molecule has 0 amide bonds. The summed E-state index contributed by atoms with van der Waals surface area (Å²) >= 11 is 4.34. The van der Waals surface area contributed by atoms with Gasteiger partial charge >= 0.3 is 7.12 Å². The molecule has 0 saturated carbocycles. The van der Waals surface area contributed by atoms with Crippen LogP contribution in [0.3, 0.4) is 0 Å². The summed E-state index contributed by atoms with van der Waals surface area (Å²) < 4.78 is 25.5. The maximum Gasteiger partial charge on any atom is 0.491 e. The first-order valence-electron chi connectivity index (χ1n) is 7.26. The quantitative estimate of drug-likeness (QED) is 0.660. The van der Waals surface area contributed by atoms with Crippen LogP contribution in [0.5, 0.6) is 0 Å². The number of halogens is 1. The van der Waals surface area contributed by atoms with Crippen molar-refractivity contribution in [2.75, 3.05) is 5.75 Å². The Kier molecular flexibility index (Phi) is 5.07. The maximum absolute atomic E-state index is 13.5. The number of hydrogen-bond acceptors (Lipinski definition) is 4. The zero-order valence-electron chi connectivity index (χ0n) is 13.4. The van der Waals surface area contributed by atoms with Gasteiger partial charge in [-0.15, -0.1) is 0 Å². The smallest absolute Gasteiger partial charge is 0.400 e. The molecule has 1 N–H and O–H groups in total. The fourth-order valence-electron chi connectivity index (χ4n) is 2.23. The largest absolute Gasteiger partial charge is 0.491 e. The van der Waals surface area contributed by atoms with Crippen molar-refractivity contribution in [3.05, 3.63) is 40.6 Å². The lowest BCUT2D eigenvalue weighted by molar-refractivity contribution is 0.00578. The molecule has 0 aliphatic carbocycles. The first-order valence-corrected chi connectivity index (χ1v) is 7.89. The Balaban J connectivity index is 2.35. The maximum atomic E-state index is 13.5.